The van der Waals surface area contributed by atoms with Gasteiger partial charge in [0.15, 0.2) is 0 Å². The van der Waals surface area contributed by atoms with Crippen molar-refractivity contribution in [3.63, 3.8) is 0 Å². The lowest BCUT2D eigenvalue weighted by Crippen LogP contribution is -2.45. The van der Waals surface area contributed by atoms with Gasteiger partial charge in [0.2, 0.25) is 0 Å². The van der Waals surface area contributed by atoms with Crippen molar-refractivity contribution in [2.24, 2.45) is 0 Å². The first-order chi connectivity index (χ1) is 7.89. The summed E-state index contributed by atoms with van der Waals surface area (Å²) in [4.78, 5) is 10.7. The van der Waals surface area contributed by atoms with E-state index in [-0.39, 0.29) is 6.04 Å². The summed E-state index contributed by atoms with van der Waals surface area (Å²) in [6.07, 6.45) is 3.20. The molecule has 1 aliphatic carbocycles. The fourth-order valence-electron chi connectivity index (χ4n) is 1.57. The van der Waals surface area contributed by atoms with E-state index in [1.54, 1.807) is 0 Å². The highest BCUT2D eigenvalue weighted by Crippen LogP contribution is 2.29. The summed E-state index contributed by atoms with van der Waals surface area (Å²) >= 11 is 0. The van der Waals surface area contributed by atoms with E-state index in [4.69, 9.17) is 5.11 Å². The number of carboxylic acids is 1. The molecule has 1 rings (SSSR count). The van der Waals surface area contributed by atoms with Crippen LogP contribution in [0.25, 0.3) is 0 Å². The monoisotopic (exact) mass is 264 g/mol. The minimum Gasteiger partial charge on any atom is -0.480 e. The Labute approximate surface area is 102 Å². The molecule has 1 fully saturated rings. The molecule has 1 aliphatic rings. The summed E-state index contributed by atoms with van der Waals surface area (Å²) in [5.74, 6) is -1.11. The molecule has 0 atom stereocenters. The number of hydrogen-bond donors (Lipinski definition) is 1. The van der Waals surface area contributed by atoms with Gasteiger partial charge in [-0.05, 0) is 19.3 Å². The Morgan fingerprint density at radius 2 is 2.00 bits per heavy atom. The molecule has 0 aromatic rings. The highest BCUT2D eigenvalue weighted by atomic mass is 32.2. The van der Waals surface area contributed by atoms with Crippen molar-refractivity contribution in [2.75, 3.05) is 20.1 Å². The lowest BCUT2D eigenvalue weighted by atomic mass is 10.3. The van der Waals surface area contributed by atoms with Crippen molar-refractivity contribution in [3.05, 3.63) is 0 Å². The Morgan fingerprint density at radius 1 is 1.41 bits per heavy atom. The van der Waals surface area contributed by atoms with E-state index in [2.05, 4.69) is 0 Å². The molecule has 0 aromatic carbocycles. The second kappa shape index (κ2) is 5.79. The van der Waals surface area contributed by atoms with Crippen molar-refractivity contribution in [1.29, 1.82) is 0 Å². The molecule has 0 saturated heterocycles. The summed E-state index contributed by atoms with van der Waals surface area (Å²) in [7, 11) is -2.12. The molecule has 0 aromatic heterocycles. The maximum atomic E-state index is 12.1. The number of carboxylic acid groups (broad SMARTS) is 1. The average Bonchev–Trinajstić information content (AvgIpc) is 3.05. The maximum absolute atomic E-state index is 12.1. The molecule has 0 radical (unpaired) electrons. The van der Waals surface area contributed by atoms with Gasteiger partial charge in [0.25, 0.3) is 10.2 Å². The third-order valence-corrected chi connectivity index (χ3v) is 4.75. The maximum Gasteiger partial charge on any atom is 0.318 e. The number of nitrogens with zero attached hydrogens (tertiary/aromatic N) is 2. The molecule has 0 aliphatic heterocycles. The smallest absolute Gasteiger partial charge is 0.318 e. The minimum absolute atomic E-state index is 0.125. The van der Waals surface area contributed by atoms with Crippen molar-refractivity contribution < 1.29 is 18.3 Å². The Bertz CT molecular complexity index is 365. The molecule has 6 nitrogen and oxygen atoms in total. The van der Waals surface area contributed by atoms with Crippen LogP contribution in [0.15, 0.2) is 0 Å². The van der Waals surface area contributed by atoms with E-state index in [9.17, 15) is 13.2 Å². The number of unbranched alkanes of at least 4 members (excludes halogenated alkanes) is 1. The van der Waals surface area contributed by atoms with Crippen LogP contribution < -0.4 is 0 Å². The molecule has 0 unspecified atom stereocenters. The molecule has 1 N–H and O–H groups in total. The third kappa shape index (κ3) is 3.93. The summed E-state index contributed by atoms with van der Waals surface area (Å²) in [5.41, 5.74) is 0. The Balaban J connectivity index is 2.73. The molecule has 0 spiro atoms. The van der Waals surface area contributed by atoms with Crippen LogP contribution >= 0.6 is 0 Å². The molecule has 0 amide bonds. The molecule has 7 heteroatoms. The topological polar surface area (TPSA) is 77.9 Å². The lowest BCUT2D eigenvalue weighted by Gasteiger charge is -2.26. The first kappa shape index (κ1) is 14.4. The second-order valence-corrected chi connectivity index (χ2v) is 6.34. The molecular formula is C10H20N2O4S. The van der Waals surface area contributed by atoms with Gasteiger partial charge in [-0.25, -0.2) is 0 Å². The van der Waals surface area contributed by atoms with E-state index in [1.165, 1.54) is 11.4 Å². The van der Waals surface area contributed by atoms with Crippen LogP contribution in [0.3, 0.4) is 0 Å². The average molecular weight is 264 g/mol. The van der Waals surface area contributed by atoms with Gasteiger partial charge >= 0.3 is 5.97 Å². The molecule has 17 heavy (non-hydrogen) atoms. The first-order valence-electron chi connectivity index (χ1n) is 5.84. The number of hydrogen-bond acceptors (Lipinski definition) is 3. The standard InChI is InChI=1S/C10H20N2O4S/c1-3-4-7-11(2)17(15,16)12(8-10(13)14)9-5-6-9/h9H,3-8H2,1-2H3,(H,13,14). The fourth-order valence-corrected chi connectivity index (χ4v) is 3.15. The summed E-state index contributed by atoms with van der Waals surface area (Å²) in [5, 5.41) is 8.76. The number of carbonyl (C=O) groups is 1. The van der Waals surface area contributed by atoms with E-state index in [0.717, 1.165) is 30.0 Å². The van der Waals surface area contributed by atoms with Gasteiger partial charge in [-0.2, -0.15) is 17.0 Å². The third-order valence-electron chi connectivity index (χ3n) is 2.76. The van der Waals surface area contributed by atoms with Gasteiger partial charge in [-0.3, -0.25) is 4.79 Å². The van der Waals surface area contributed by atoms with E-state index in [0.29, 0.717) is 6.54 Å². The van der Waals surface area contributed by atoms with Crippen LogP contribution in [0.2, 0.25) is 0 Å². The van der Waals surface area contributed by atoms with Gasteiger partial charge in [0.05, 0.1) is 0 Å². The van der Waals surface area contributed by atoms with Crippen LogP contribution in [-0.4, -0.2) is 54.3 Å². The van der Waals surface area contributed by atoms with Crippen molar-refractivity contribution in [1.82, 2.24) is 8.61 Å². The van der Waals surface area contributed by atoms with Gasteiger partial charge < -0.3 is 5.11 Å². The van der Waals surface area contributed by atoms with Crippen LogP contribution in [0.5, 0.6) is 0 Å². The Kier molecular flexibility index (Phi) is 4.91. The van der Waals surface area contributed by atoms with Gasteiger partial charge in [-0.1, -0.05) is 13.3 Å². The Morgan fingerprint density at radius 3 is 2.41 bits per heavy atom. The zero-order chi connectivity index (χ0) is 13.1. The van der Waals surface area contributed by atoms with Crippen molar-refractivity contribution in [3.8, 4) is 0 Å². The SMILES string of the molecule is CCCCN(C)S(=O)(=O)N(CC(=O)O)C1CC1. The van der Waals surface area contributed by atoms with Crippen LogP contribution in [-0.2, 0) is 15.0 Å². The zero-order valence-corrected chi connectivity index (χ0v) is 11.1. The number of rotatable bonds is 8. The first-order valence-corrected chi connectivity index (χ1v) is 7.24. The normalized spacial score (nSPS) is 16.7. The number of aliphatic carboxylic acids is 1. The van der Waals surface area contributed by atoms with E-state index >= 15 is 0 Å². The van der Waals surface area contributed by atoms with Crippen LogP contribution in [0.4, 0.5) is 0 Å². The molecule has 100 valence electrons. The molecule has 1 saturated carbocycles. The van der Waals surface area contributed by atoms with E-state index in [1.807, 2.05) is 6.92 Å². The molecule has 0 heterocycles. The quantitative estimate of drug-likeness (QED) is 0.693. The van der Waals surface area contributed by atoms with Crippen LogP contribution in [0, 0.1) is 0 Å². The molecule has 0 bridgehead atoms. The summed E-state index contributed by atoms with van der Waals surface area (Å²) in [6.45, 7) is 1.97. The van der Waals surface area contributed by atoms with E-state index < -0.39 is 22.7 Å². The van der Waals surface area contributed by atoms with Crippen molar-refractivity contribution >= 4 is 16.2 Å². The largest absolute Gasteiger partial charge is 0.480 e. The van der Waals surface area contributed by atoms with Crippen molar-refractivity contribution in [2.45, 2.75) is 38.6 Å². The predicted molar refractivity (Wildman–Crippen MR) is 63.8 cm³/mol. The minimum atomic E-state index is -3.62. The van der Waals surface area contributed by atoms with Gasteiger partial charge in [0.1, 0.15) is 6.54 Å². The van der Waals surface area contributed by atoms with Gasteiger partial charge in [-0.15, -0.1) is 0 Å². The highest BCUT2D eigenvalue weighted by Gasteiger charge is 2.40. The predicted octanol–water partition coefficient (Wildman–Crippen LogP) is 0.512. The Hall–Kier alpha value is -0.660. The zero-order valence-electron chi connectivity index (χ0n) is 10.3. The van der Waals surface area contributed by atoms with Gasteiger partial charge in [0, 0.05) is 19.6 Å². The lowest BCUT2D eigenvalue weighted by molar-refractivity contribution is -0.137. The summed E-state index contributed by atoms with van der Waals surface area (Å²) < 4.78 is 26.6. The molecular weight excluding hydrogens is 244 g/mol. The fraction of sp³-hybridized carbons (Fsp3) is 0.900. The van der Waals surface area contributed by atoms with Crippen LogP contribution in [0.1, 0.15) is 32.6 Å². The highest BCUT2D eigenvalue weighted by molar-refractivity contribution is 7.86. The summed E-state index contributed by atoms with van der Waals surface area (Å²) in [6, 6.07) is -0.125. The second-order valence-electron chi connectivity index (χ2n) is 4.35.